The Morgan fingerprint density at radius 2 is 1.80 bits per heavy atom. The Kier molecular flexibility index (Phi) is 3.03. The largest absolute Gasteiger partial charge is 0.456 e. The van der Waals surface area contributed by atoms with Crippen LogP contribution in [-0.4, -0.2) is 0 Å². The lowest BCUT2D eigenvalue weighted by Crippen LogP contribution is -2.00. The molecule has 1 aromatic heterocycles. The zero-order valence-corrected chi connectivity index (χ0v) is 11.2. The average Bonchev–Trinajstić information content (AvgIpc) is 2.47. The Morgan fingerprint density at radius 1 is 1.05 bits per heavy atom. The van der Waals surface area contributed by atoms with Gasteiger partial charge in [0.05, 0.1) is 5.39 Å². The van der Waals surface area contributed by atoms with Crippen molar-refractivity contribution < 1.29 is 4.42 Å². The Bertz CT molecular complexity index is 817. The number of hydrogen-bond acceptors (Lipinski definition) is 3. The fourth-order valence-corrected chi connectivity index (χ4v) is 2.21. The molecule has 1 heterocycles. The van der Waals surface area contributed by atoms with Crippen LogP contribution < -0.4 is 11.2 Å². The van der Waals surface area contributed by atoms with E-state index in [1.807, 2.05) is 30.3 Å². The number of nitrogen functional groups attached to an aromatic ring is 1. The summed E-state index contributed by atoms with van der Waals surface area (Å²) < 4.78 is 5.87. The maximum Gasteiger partial charge on any atom is 0.193 e. The van der Waals surface area contributed by atoms with Gasteiger partial charge in [-0.25, -0.2) is 0 Å². The van der Waals surface area contributed by atoms with E-state index in [0.29, 0.717) is 22.4 Å². The van der Waals surface area contributed by atoms with Crippen molar-refractivity contribution >= 4 is 16.7 Å². The molecule has 0 bridgehead atoms. The molecule has 3 heteroatoms. The van der Waals surface area contributed by atoms with Crippen LogP contribution in [0.25, 0.3) is 22.3 Å². The summed E-state index contributed by atoms with van der Waals surface area (Å²) in [6, 6.07) is 14.5. The van der Waals surface area contributed by atoms with Gasteiger partial charge in [0.25, 0.3) is 0 Å². The highest BCUT2D eigenvalue weighted by Crippen LogP contribution is 2.23. The third-order valence-electron chi connectivity index (χ3n) is 3.40. The monoisotopic (exact) mass is 265 g/mol. The Morgan fingerprint density at radius 3 is 2.50 bits per heavy atom. The van der Waals surface area contributed by atoms with Crippen LogP contribution in [0.4, 0.5) is 5.69 Å². The van der Waals surface area contributed by atoms with E-state index < -0.39 is 0 Å². The van der Waals surface area contributed by atoms with Crippen LogP contribution in [0, 0.1) is 0 Å². The quantitative estimate of drug-likeness (QED) is 0.720. The van der Waals surface area contributed by atoms with Crippen molar-refractivity contribution in [2.45, 2.75) is 13.3 Å². The molecule has 2 N–H and O–H groups in total. The van der Waals surface area contributed by atoms with Crippen LogP contribution in [0.3, 0.4) is 0 Å². The lowest BCUT2D eigenvalue weighted by Gasteiger charge is -2.05. The van der Waals surface area contributed by atoms with Crippen molar-refractivity contribution in [3.05, 3.63) is 64.3 Å². The highest BCUT2D eigenvalue weighted by molar-refractivity contribution is 5.79. The number of benzene rings is 2. The highest BCUT2D eigenvalue weighted by Gasteiger charge is 2.07. The maximum absolute atomic E-state index is 12.2. The predicted molar refractivity (Wildman–Crippen MR) is 81.7 cm³/mol. The first-order valence-electron chi connectivity index (χ1n) is 6.60. The van der Waals surface area contributed by atoms with Crippen LogP contribution in [0.5, 0.6) is 0 Å². The molecule has 3 aromatic rings. The molecule has 0 aliphatic heterocycles. The van der Waals surface area contributed by atoms with Crippen molar-refractivity contribution in [2.75, 3.05) is 5.73 Å². The molecule has 0 aliphatic rings. The second kappa shape index (κ2) is 4.85. The van der Waals surface area contributed by atoms with Crippen LogP contribution >= 0.6 is 0 Å². The number of fused-ring (bicyclic) bond motifs is 1. The molecule has 0 saturated carbocycles. The standard InChI is InChI=1S/C17H15NO2/c1-2-11-3-8-14-15(19)10-16(20-17(14)9-11)12-4-6-13(18)7-5-12/h3-10H,2,18H2,1H3. The summed E-state index contributed by atoms with van der Waals surface area (Å²) in [4.78, 5) is 12.2. The van der Waals surface area contributed by atoms with Gasteiger partial charge in [-0.05, 0) is 48.4 Å². The van der Waals surface area contributed by atoms with E-state index in [0.717, 1.165) is 17.5 Å². The fraction of sp³-hybridized carbons (Fsp3) is 0.118. The number of hydrogen-bond donors (Lipinski definition) is 1. The van der Waals surface area contributed by atoms with Crippen molar-refractivity contribution in [3.63, 3.8) is 0 Å². The van der Waals surface area contributed by atoms with Crippen LogP contribution in [-0.2, 0) is 6.42 Å². The van der Waals surface area contributed by atoms with Crippen molar-refractivity contribution in [1.29, 1.82) is 0 Å². The summed E-state index contributed by atoms with van der Waals surface area (Å²) in [5.41, 5.74) is 8.95. The predicted octanol–water partition coefficient (Wildman–Crippen LogP) is 3.60. The molecule has 3 nitrogen and oxygen atoms in total. The molecule has 2 aromatic carbocycles. The second-order valence-corrected chi connectivity index (χ2v) is 4.78. The second-order valence-electron chi connectivity index (χ2n) is 4.78. The van der Waals surface area contributed by atoms with Gasteiger partial charge in [-0.1, -0.05) is 13.0 Å². The van der Waals surface area contributed by atoms with E-state index in [-0.39, 0.29) is 5.43 Å². The van der Waals surface area contributed by atoms with Gasteiger partial charge >= 0.3 is 0 Å². The van der Waals surface area contributed by atoms with Crippen molar-refractivity contribution in [1.82, 2.24) is 0 Å². The zero-order valence-electron chi connectivity index (χ0n) is 11.2. The molecule has 100 valence electrons. The van der Waals surface area contributed by atoms with Gasteiger partial charge in [0.2, 0.25) is 0 Å². The van der Waals surface area contributed by atoms with E-state index in [4.69, 9.17) is 10.2 Å². The summed E-state index contributed by atoms with van der Waals surface area (Å²) in [6.07, 6.45) is 0.908. The molecule has 0 saturated heterocycles. The zero-order chi connectivity index (χ0) is 14.1. The first-order valence-corrected chi connectivity index (χ1v) is 6.60. The molecule has 0 aliphatic carbocycles. The highest BCUT2D eigenvalue weighted by atomic mass is 16.3. The third-order valence-corrected chi connectivity index (χ3v) is 3.40. The summed E-state index contributed by atoms with van der Waals surface area (Å²) in [5, 5.41) is 0.612. The van der Waals surface area contributed by atoms with Gasteiger partial charge in [0.15, 0.2) is 5.43 Å². The first-order chi connectivity index (χ1) is 9.67. The number of nitrogens with two attached hydrogens (primary N) is 1. The molecule has 0 spiro atoms. The molecule has 0 fully saturated rings. The SMILES string of the molecule is CCc1ccc2c(=O)cc(-c3ccc(N)cc3)oc2c1. The number of aryl methyl sites for hydroxylation is 1. The van der Waals surface area contributed by atoms with Crippen molar-refractivity contribution in [3.8, 4) is 11.3 Å². The summed E-state index contributed by atoms with van der Waals surface area (Å²) in [7, 11) is 0. The van der Waals surface area contributed by atoms with E-state index in [1.54, 1.807) is 12.1 Å². The molecule has 20 heavy (non-hydrogen) atoms. The smallest absolute Gasteiger partial charge is 0.193 e. The van der Waals surface area contributed by atoms with Crippen LogP contribution in [0.2, 0.25) is 0 Å². The van der Waals surface area contributed by atoms with E-state index in [9.17, 15) is 4.79 Å². The number of anilines is 1. The Labute approximate surface area is 116 Å². The average molecular weight is 265 g/mol. The lowest BCUT2D eigenvalue weighted by molar-refractivity contribution is 0.618. The van der Waals surface area contributed by atoms with Crippen LogP contribution in [0.1, 0.15) is 12.5 Å². The van der Waals surface area contributed by atoms with Crippen LogP contribution in [0.15, 0.2) is 57.7 Å². The van der Waals surface area contributed by atoms with Gasteiger partial charge in [-0.15, -0.1) is 0 Å². The molecular weight excluding hydrogens is 250 g/mol. The fourth-order valence-electron chi connectivity index (χ4n) is 2.21. The van der Waals surface area contributed by atoms with Gasteiger partial charge in [-0.3, -0.25) is 4.79 Å². The van der Waals surface area contributed by atoms with Gasteiger partial charge in [0.1, 0.15) is 11.3 Å². The molecule has 0 atom stereocenters. The topological polar surface area (TPSA) is 56.2 Å². The first kappa shape index (κ1) is 12.5. The van der Waals surface area contributed by atoms with Crippen molar-refractivity contribution in [2.24, 2.45) is 0 Å². The van der Waals surface area contributed by atoms with Gasteiger partial charge < -0.3 is 10.2 Å². The minimum absolute atomic E-state index is 0.0271. The normalized spacial score (nSPS) is 10.8. The van der Waals surface area contributed by atoms with Gasteiger partial charge in [-0.2, -0.15) is 0 Å². The minimum Gasteiger partial charge on any atom is -0.456 e. The molecular formula is C17H15NO2. The third kappa shape index (κ3) is 2.18. The minimum atomic E-state index is -0.0271. The summed E-state index contributed by atoms with van der Waals surface area (Å²) in [6.45, 7) is 2.07. The van der Waals surface area contributed by atoms with E-state index >= 15 is 0 Å². The molecule has 0 amide bonds. The number of rotatable bonds is 2. The Balaban J connectivity index is 2.22. The lowest BCUT2D eigenvalue weighted by atomic mass is 10.1. The van der Waals surface area contributed by atoms with Gasteiger partial charge in [0, 0.05) is 17.3 Å². The summed E-state index contributed by atoms with van der Waals surface area (Å²) in [5.74, 6) is 0.566. The molecule has 0 radical (unpaired) electrons. The summed E-state index contributed by atoms with van der Waals surface area (Å²) >= 11 is 0. The molecule has 3 rings (SSSR count). The van der Waals surface area contributed by atoms with E-state index in [1.165, 1.54) is 6.07 Å². The van der Waals surface area contributed by atoms with E-state index in [2.05, 4.69) is 6.92 Å². The molecule has 0 unspecified atom stereocenters. The Hall–Kier alpha value is -2.55. The maximum atomic E-state index is 12.2.